The molecule has 4 nitrogen and oxygen atoms in total. The molecule has 1 amide bonds. The third-order valence-electron chi connectivity index (χ3n) is 2.45. The average molecular weight is 203 g/mol. The van der Waals surface area contributed by atoms with Gasteiger partial charge in [-0.25, -0.2) is 4.79 Å². The van der Waals surface area contributed by atoms with Crippen LogP contribution in [-0.2, 0) is 9.59 Å². The first-order valence-electron chi connectivity index (χ1n) is 4.13. The lowest BCUT2D eigenvalue weighted by molar-refractivity contribution is -0.153. The number of carbonyl (C=O) groups excluding carboxylic acids is 1. The van der Waals surface area contributed by atoms with Gasteiger partial charge in [-0.3, -0.25) is 4.79 Å². The molecule has 1 aliphatic rings. The van der Waals surface area contributed by atoms with Gasteiger partial charge >= 0.3 is 5.97 Å². The van der Waals surface area contributed by atoms with Gasteiger partial charge < -0.3 is 10.0 Å². The molecule has 1 aliphatic heterocycles. The number of aliphatic carboxylic acids is 1. The number of thioether (sulfide) groups is 1. The molecule has 0 radical (unpaired) electrons. The molecule has 5 heteroatoms. The Labute approximate surface area is 81.3 Å². The van der Waals surface area contributed by atoms with E-state index in [2.05, 4.69) is 0 Å². The minimum Gasteiger partial charge on any atom is -0.479 e. The second kappa shape index (κ2) is 4.00. The Bertz CT molecular complexity index is 213. The summed E-state index contributed by atoms with van der Waals surface area (Å²) in [5.74, 6) is 0.591. The maximum atomic E-state index is 11.1. The first-order chi connectivity index (χ1) is 6.13. The largest absolute Gasteiger partial charge is 0.479 e. The number of carboxylic acids is 1. The van der Waals surface area contributed by atoms with Crippen LogP contribution < -0.4 is 0 Å². The quantitative estimate of drug-likeness (QED) is 0.676. The maximum Gasteiger partial charge on any atom is 0.330 e. The van der Waals surface area contributed by atoms with Crippen molar-refractivity contribution >= 4 is 24.1 Å². The number of likely N-dealkylation sites (N-methyl/N-ethyl adjacent to an activating group) is 1. The number of nitrogens with zero attached hydrogens (tertiary/aromatic N) is 1. The predicted octanol–water partition coefficient (Wildman–Crippen LogP) is 0.425. The fourth-order valence-electron chi connectivity index (χ4n) is 1.48. The van der Waals surface area contributed by atoms with E-state index in [1.54, 1.807) is 11.8 Å². The zero-order valence-corrected chi connectivity index (χ0v) is 8.34. The van der Waals surface area contributed by atoms with Crippen molar-refractivity contribution in [2.75, 3.05) is 18.6 Å². The van der Waals surface area contributed by atoms with Gasteiger partial charge in [0, 0.05) is 12.8 Å². The molecule has 0 aromatic carbocycles. The van der Waals surface area contributed by atoms with E-state index < -0.39 is 11.5 Å². The summed E-state index contributed by atoms with van der Waals surface area (Å²) in [5, 5.41) is 9.08. The lowest BCUT2D eigenvalue weighted by atomic mass is 9.94. The van der Waals surface area contributed by atoms with Gasteiger partial charge in [0.2, 0.25) is 6.41 Å². The van der Waals surface area contributed by atoms with E-state index in [4.69, 9.17) is 5.11 Å². The smallest absolute Gasteiger partial charge is 0.330 e. The Kier molecular flexibility index (Phi) is 3.19. The molecule has 1 heterocycles. The third-order valence-corrected chi connectivity index (χ3v) is 3.71. The van der Waals surface area contributed by atoms with Gasteiger partial charge in [0.05, 0.1) is 0 Å². The number of rotatable bonds is 3. The fraction of sp³-hybridized carbons (Fsp3) is 0.750. The van der Waals surface area contributed by atoms with Crippen LogP contribution in [0.25, 0.3) is 0 Å². The van der Waals surface area contributed by atoms with Crippen LogP contribution >= 0.6 is 11.8 Å². The first-order valence-corrected chi connectivity index (χ1v) is 5.28. The molecule has 1 unspecified atom stereocenters. The van der Waals surface area contributed by atoms with Crippen LogP contribution in [0, 0.1) is 0 Å². The molecule has 1 rings (SSSR count). The summed E-state index contributed by atoms with van der Waals surface area (Å²) in [6.07, 6.45) is 2.01. The second-order valence-corrected chi connectivity index (χ2v) is 4.31. The maximum absolute atomic E-state index is 11.1. The molecule has 1 saturated heterocycles. The third kappa shape index (κ3) is 1.80. The van der Waals surface area contributed by atoms with Crippen molar-refractivity contribution in [3.05, 3.63) is 0 Å². The zero-order chi connectivity index (χ0) is 9.90. The second-order valence-electron chi connectivity index (χ2n) is 3.21. The van der Waals surface area contributed by atoms with E-state index in [0.29, 0.717) is 18.6 Å². The van der Waals surface area contributed by atoms with Crippen LogP contribution in [0.5, 0.6) is 0 Å². The van der Waals surface area contributed by atoms with E-state index in [0.717, 1.165) is 12.2 Å². The standard InChI is InChI=1S/C8H13NO3S/c1-9(6-10)8(7(11)12)3-2-4-13-5-8/h6H,2-5H2,1H3,(H,11,12). The highest BCUT2D eigenvalue weighted by molar-refractivity contribution is 7.99. The van der Waals surface area contributed by atoms with E-state index >= 15 is 0 Å². The topological polar surface area (TPSA) is 57.6 Å². The van der Waals surface area contributed by atoms with E-state index in [1.165, 1.54) is 11.9 Å². The van der Waals surface area contributed by atoms with E-state index in [-0.39, 0.29) is 0 Å². The summed E-state index contributed by atoms with van der Waals surface area (Å²) in [6, 6.07) is 0. The van der Waals surface area contributed by atoms with Crippen LogP contribution in [0.4, 0.5) is 0 Å². The van der Waals surface area contributed by atoms with Crippen LogP contribution in [0.15, 0.2) is 0 Å². The van der Waals surface area contributed by atoms with Crippen molar-refractivity contribution in [2.45, 2.75) is 18.4 Å². The predicted molar refractivity (Wildman–Crippen MR) is 50.8 cm³/mol. The molecule has 0 aromatic rings. The number of carboxylic acid groups (broad SMARTS) is 1. The van der Waals surface area contributed by atoms with Gasteiger partial charge in [-0.15, -0.1) is 0 Å². The Morgan fingerprint density at radius 2 is 2.38 bits per heavy atom. The average Bonchev–Trinajstić information content (AvgIpc) is 2.17. The van der Waals surface area contributed by atoms with E-state index in [1.807, 2.05) is 0 Å². The molecular weight excluding hydrogens is 190 g/mol. The fourth-order valence-corrected chi connectivity index (χ4v) is 2.78. The molecule has 74 valence electrons. The van der Waals surface area contributed by atoms with Gasteiger partial charge in [0.15, 0.2) is 0 Å². The van der Waals surface area contributed by atoms with Crippen molar-refractivity contribution in [2.24, 2.45) is 0 Å². The highest BCUT2D eigenvalue weighted by atomic mass is 32.2. The number of hydrogen-bond donors (Lipinski definition) is 1. The summed E-state index contributed by atoms with van der Waals surface area (Å²) in [5.41, 5.74) is -0.968. The summed E-state index contributed by atoms with van der Waals surface area (Å²) in [4.78, 5) is 22.9. The normalized spacial score (nSPS) is 28.1. The number of hydrogen-bond acceptors (Lipinski definition) is 3. The molecule has 13 heavy (non-hydrogen) atoms. The van der Waals surface area contributed by atoms with Gasteiger partial charge in [-0.2, -0.15) is 11.8 Å². The number of carbonyl (C=O) groups is 2. The minimum absolute atomic E-state index is 0.498. The summed E-state index contributed by atoms with van der Waals surface area (Å²) in [6.45, 7) is 0. The molecule has 1 N–H and O–H groups in total. The molecule has 0 spiro atoms. The number of amides is 1. The molecule has 1 atom stereocenters. The molecule has 0 aliphatic carbocycles. The lowest BCUT2D eigenvalue weighted by Crippen LogP contribution is -2.55. The molecule has 0 aromatic heterocycles. The Morgan fingerprint density at radius 1 is 1.69 bits per heavy atom. The Morgan fingerprint density at radius 3 is 2.77 bits per heavy atom. The highest BCUT2D eigenvalue weighted by Crippen LogP contribution is 2.30. The van der Waals surface area contributed by atoms with Gasteiger partial charge in [-0.05, 0) is 18.6 Å². The molecule has 1 fully saturated rings. The van der Waals surface area contributed by atoms with Gasteiger partial charge in [-0.1, -0.05) is 0 Å². The zero-order valence-electron chi connectivity index (χ0n) is 7.52. The van der Waals surface area contributed by atoms with Gasteiger partial charge in [0.1, 0.15) is 5.54 Å². The van der Waals surface area contributed by atoms with E-state index in [9.17, 15) is 9.59 Å². The van der Waals surface area contributed by atoms with Crippen LogP contribution in [-0.4, -0.2) is 46.5 Å². The monoisotopic (exact) mass is 203 g/mol. The lowest BCUT2D eigenvalue weighted by Gasteiger charge is -2.38. The first kappa shape index (κ1) is 10.4. The molecule has 0 bridgehead atoms. The van der Waals surface area contributed by atoms with Crippen LogP contribution in [0.1, 0.15) is 12.8 Å². The Hall–Kier alpha value is -0.710. The van der Waals surface area contributed by atoms with Crippen molar-refractivity contribution in [1.82, 2.24) is 4.90 Å². The minimum atomic E-state index is -0.968. The highest BCUT2D eigenvalue weighted by Gasteiger charge is 2.43. The Balaban J connectivity index is 2.84. The molecule has 0 saturated carbocycles. The van der Waals surface area contributed by atoms with Crippen LogP contribution in [0.3, 0.4) is 0 Å². The van der Waals surface area contributed by atoms with Crippen LogP contribution in [0.2, 0.25) is 0 Å². The van der Waals surface area contributed by atoms with Crippen molar-refractivity contribution in [3.8, 4) is 0 Å². The van der Waals surface area contributed by atoms with Crippen molar-refractivity contribution in [1.29, 1.82) is 0 Å². The van der Waals surface area contributed by atoms with Crippen molar-refractivity contribution < 1.29 is 14.7 Å². The molecular formula is C8H13NO3S. The van der Waals surface area contributed by atoms with Crippen molar-refractivity contribution in [3.63, 3.8) is 0 Å². The summed E-state index contributed by atoms with van der Waals surface area (Å²) >= 11 is 1.59. The SMILES string of the molecule is CN(C=O)C1(C(=O)O)CCCSC1. The summed E-state index contributed by atoms with van der Waals surface area (Å²) < 4.78 is 0. The summed E-state index contributed by atoms with van der Waals surface area (Å²) in [7, 11) is 1.53. The van der Waals surface area contributed by atoms with Gasteiger partial charge in [0.25, 0.3) is 0 Å².